The zero-order valence-corrected chi connectivity index (χ0v) is 7.30. The summed E-state index contributed by atoms with van der Waals surface area (Å²) in [5.74, 6) is -1.41. The normalized spacial score (nSPS) is 12.5. The standard InChI is InChI=1S/C9H10F2N2O/c10-7-3-6(4-8(11)5-7)9(13-14)1-2-12/h2-5,9,12-14H,1H2/t9-/m0/s1. The summed E-state index contributed by atoms with van der Waals surface area (Å²) in [7, 11) is 0. The van der Waals surface area contributed by atoms with Gasteiger partial charge in [-0.1, -0.05) is 0 Å². The van der Waals surface area contributed by atoms with Crippen LogP contribution >= 0.6 is 0 Å². The van der Waals surface area contributed by atoms with Gasteiger partial charge in [0.25, 0.3) is 0 Å². The fourth-order valence-corrected chi connectivity index (χ4v) is 1.16. The average Bonchev–Trinajstić information content (AvgIpc) is 2.12. The number of rotatable bonds is 4. The Bertz CT molecular complexity index is 310. The van der Waals surface area contributed by atoms with Crippen LogP contribution in [0.1, 0.15) is 18.0 Å². The third-order valence-electron chi connectivity index (χ3n) is 1.80. The van der Waals surface area contributed by atoms with E-state index in [4.69, 9.17) is 10.6 Å². The Balaban J connectivity index is 2.96. The second-order valence-electron chi connectivity index (χ2n) is 2.82. The lowest BCUT2D eigenvalue weighted by atomic mass is 10.0. The van der Waals surface area contributed by atoms with E-state index in [1.54, 1.807) is 0 Å². The highest BCUT2D eigenvalue weighted by Crippen LogP contribution is 2.17. The van der Waals surface area contributed by atoms with Crippen LogP contribution in [0.3, 0.4) is 0 Å². The highest BCUT2D eigenvalue weighted by Gasteiger charge is 2.11. The van der Waals surface area contributed by atoms with Gasteiger partial charge in [0.15, 0.2) is 0 Å². The van der Waals surface area contributed by atoms with Gasteiger partial charge >= 0.3 is 0 Å². The second kappa shape index (κ2) is 4.78. The van der Waals surface area contributed by atoms with E-state index < -0.39 is 17.7 Å². The summed E-state index contributed by atoms with van der Waals surface area (Å²) in [4.78, 5) is 0. The van der Waals surface area contributed by atoms with Gasteiger partial charge in [0.05, 0.1) is 6.04 Å². The Morgan fingerprint density at radius 1 is 1.36 bits per heavy atom. The molecule has 0 fully saturated rings. The van der Waals surface area contributed by atoms with E-state index in [0.717, 1.165) is 24.4 Å². The number of hydroxylamine groups is 1. The topological polar surface area (TPSA) is 56.1 Å². The smallest absolute Gasteiger partial charge is 0.126 e. The van der Waals surface area contributed by atoms with Crippen molar-refractivity contribution in [1.29, 1.82) is 5.41 Å². The number of hydrogen-bond donors (Lipinski definition) is 3. The van der Waals surface area contributed by atoms with Crippen molar-refractivity contribution < 1.29 is 14.0 Å². The average molecular weight is 200 g/mol. The molecule has 0 aliphatic heterocycles. The molecular weight excluding hydrogens is 190 g/mol. The predicted octanol–water partition coefficient (Wildman–Crippen LogP) is 2.02. The molecule has 14 heavy (non-hydrogen) atoms. The first-order chi connectivity index (χ1) is 6.67. The number of hydrogen-bond acceptors (Lipinski definition) is 3. The van der Waals surface area contributed by atoms with Gasteiger partial charge < -0.3 is 10.6 Å². The minimum Gasteiger partial charge on any atom is -0.316 e. The van der Waals surface area contributed by atoms with E-state index in [0.29, 0.717) is 0 Å². The molecule has 1 atom stereocenters. The number of nitrogens with one attached hydrogen (secondary N) is 2. The fraction of sp³-hybridized carbons (Fsp3) is 0.222. The maximum atomic E-state index is 12.8. The molecule has 1 aromatic carbocycles. The lowest BCUT2D eigenvalue weighted by Crippen LogP contribution is -2.17. The summed E-state index contributed by atoms with van der Waals surface area (Å²) in [5.41, 5.74) is 2.16. The van der Waals surface area contributed by atoms with Gasteiger partial charge in [-0.25, -0.2) is 8.78 Å². The van der Waals surface area contributed by atoms with Gasteiger partial charge in [0, 0.05) is 12.5 Å². The molecule has 0 saturated heterocycles. The van der Waals surface area contributed by atoms with E-state index >= 15 is 0 Å². The molecule has 0 aliphatic carbocycles. The minimum atomic E-state index is -0.703. The summed E-state index contributed by atoms with van der Waals surface area (Å²) >= 11 is 0. The highest BCUT2D eigenvalue weighted by molar-refractivity contribution is 5.54. The van der Waals surface area contributed by atoms with Crippen molar-refractivity contribution in [2.45, 2.75) is 12.5 Å². The van der Waals surface area contributed by atoms with Gasteiger partial charge in [-0.15, -0.1) is 0 Å². The largest absolute Gasteiger partial charge is 0.316 e. The van der Waals surface area contributed by atoms with Crippen LogP contribution in [0.4, 0.5) is 8.78 Å². The molecule has 1 rings (SSSR count). The van der Waals surface area contributed by atoms with E-state index in [1.807, 2.05) is 5.48 Å². The summed E-state index contributed by atoms with van der Waals surface area (Å²) in [6.07, 6.45) is 1.22. The van der Waals surface area contributed by atoms with E-state index in [9.17, 15) is 8.78 Å². The van der Waals surface area contributed by atoms with Crippen LogP contribution in [0, 0.1) is 17.0 Å². The molecule has 0 amide bonds. The third kappa shape index (κ3) is 2.58. The van der Waals surface area contributed by atoms with Crippen LogP contribution in [0.5, 0.6) is 0 Å². The van der Waals surface area contributed by atoms with Crippen LogP contribution in [-0.2, 0) is 0 Å². The van der Waals surface area contributed by atoms with Crippen LogP contribution in [0.15, 0.2) is 18.2 Å². The van der Waals surface area contributed by atoms with Gasteiger partial charge in [-0.3, -0.25) is 0 Å². The monoisotopic (exact) mass is 200 g/mol. The molecule has 1 aromatic rings. The summed E-state index contributed by atoms with van der Waals surface area (Å²) in [6.45, 7) is 0. The Morgan fingerprint density at radius 3 is 2.36 bits per heavy atom. The van der Waals surface area contributed by atoms with Crippen molar-refractivity contribution in [3.8, 4) is 0 Å². The summed E-state index contributed by atoms with van der Waals surface area (Å²) < 4.78 is 25.5. The second-order valence-corrected chi connectivity index (χ2v) is 2.82. The van der Waals surface area contributed by atoms with E-state index in [1.165, 1.54) is 0 Å². The Kier molecular flexibility index (Phi) is 3.67. The molecule has 0 spiro atoms. The van der Waals surface area contributed by atoms with Gasteiger partial charge in [0.1, 0.15) is 11.6 Å². The van der Waals surface area contributed by atoms with Gasteiger partial charge in [-0.2, -0.15) is 5.48 Å². The highest BCUT2D eigenvalue weighted by atomic mass is 19.1. The maximum absolute atomic E-state index is 12.8. The first-order valence-corrected chi connectivity index (χ1v) is 4.02. The van der Waals surface area contributed by atoms with Crippen molar-refractivity contribution in [3.05, 3.63) is 35.4 Å². The molecular formula is C9H10F2N2O. The zero-order chi connectivity index (χ0) is 10.6. The maximum Gasteiger partial charge on any atom is 0.126 e. The van der Waals surface area contributed by atoms with Gasteiger partial charge in [0.2, 0.25) is 0 Å². The molecule has 76 valence electrons. The molecule has 0 unspecified atom stereocenters. The molecule has 0 saturated carbocycles. The zero-order valence-electron chi connectivity index (χ0n) is 7.30. The first kappa shape index (κ1) is 10.7. The summed E-state index contributed by atoms with van der Waals surface area (Å²) in [6, 6.07) is 2.32. The van der Waals surface area contributed by atoms with Crippen molar-refractivity contribution >= 4 is 6.21 Å². The van der Waals surface area contributed by atoms with Crippen LogP contribution in [0.2, 0.25) is 0 Å². The van der Waals surface area contributed by atoms with Crippen molar-refractivity contribution in [3.63, 3.8) is 0 Å². The van der Waals surface area contributed by atoms with E-state index in [-0.39, 0.29) is 12.0 Å². The predicted molar refractivity (Wildman–Crippen MR) is 47.4 cm³/mol. The van der Waals surface area contributed by atoms with E-state index in [2.05, 4.69) is 0 Å². The lowest BCUT2D eigenvalue weighted by Gasteiger charge is -2.12. The van der Waals surface area contributed by atoms with Crippen LogP contribution in [0.25, 0.3) is 0 Å². The lowest BCUT2D eigenvalue weighted by molar-refractivity contribution is 0.129. The number of benzene rings is 1. The molecule has 0 aromatic heterocycles. The molecule has 0 radical (unpaired) electrons. The number of halogens is 2. The quantitative estimate of drug-likeness (QED) is 0.514. The molecule has 3 nitrogen and oxygen atoms in total. The van der Waals surface area contributed by atoms with Crippen molar-refractivity contribution in [2.24, 2.45) is 0 Å². The third-order valence-corrected chi connectivity index (χ3v) is 1.80. The Morgan fingerprint density at radius 2 is 1.93 bits per heavy atom. The first-order valence-electron chi connectivity index (χ1n) is 4.02. The Labute approximate surface area is 79.8 Å². The molecule has 5 heteroatoms. The molecule has 0 heterocycles. The van der Waals surface area contributed by atoms with Crippen molar-refractivity contribution in [2.75, 3.05) is 0 Å². The SMILES string of the molecule is N=CC[C@H](NO)c1cc(F)cc(F)c1. The molecule has 0 aliphatic rings. The van der Waals surface area contributed by atoms with Crippen molar-refractivity contribution in [1.82, 2.24) is 5.48 Å². The van der Waals surface area contributed by atoms with Crippen LogP contribution in [-0.4, -0.2) is 11.4 Å². The fourth-order valence-electron chi connectivity index (χ4n) is 1.16. The summed E-state index contributed by atoms with van der Waals surface area (Å²) in [5, 5.41) is 15.5. The molecule has 0 bridgehead atoms. The van der Waals surface area contributed by atoms with Crippen LogP contribution < -0.4 is 5.48 Å². The Hall–Kier alpha value is -1.33. The minimum absolute atomic E-state index is 0.166. The molecule has 3 N–H and O–H groups in total. The van der Waals surface area contributed by atoms with Gasteiger partial charge in [-0.05, 0) is 23.9 Å².